The number of hydrogen-bond donors (Lipinski definition) is 1. The van der Waals surface area contributed by atoms with E-state index in [1.807, 2.05) is 45.0 Å². The zero-order valence-electron chi connectivity index (χ0n) is 14.2. The van der Waals surface area contributed by atoms with E-state index in [1.54, 1.807) is 0 Å². The van der Waals surface area contributed by atoms with Crippen LogP contribution in [0.15, 0.2) is 28.8 Å². The molecule has 5 heteroatoms. The molecule has 0 spiro atoms. The zero-order valence-corrected chi connectivity index (χ0v) is 14.2. The molecule has 1 aromatic heterocycles. The van der Waals surface area contributed by atoms with E-state index in [-0.39, 0.29) is 11.9 Å². The molecule has 0 saturated carbocycles. The Kier molecular flexibility index (Phi) is 5.79. The summed E-state index contributed by atoms with van der Waals surface area (Å²) < 4.78 is 10.9. The number of aromatic nitrogens is 1. The average Bonchev–Trinajstić information content (AvgIpc) is 2.85. The minimum absolute atomic E-state index is 0.0451. The van der Waals surface area contributed by atoms with Crippen LogP contribution < -0.4 is 10.1 Å². The van der Waals surface area contributed by atoms with Gasteiger partial charge < -0.3 is 14.6 Å². The maximum absolute atomic E-state index is 11.9. The third-order valence-corrected chi connectivity index (χ3v) is 3.87. The van der Waals surface area contributed by atoms with Gasteiger partial charge in [-0.1, -0.05) is 24.2 Å². The topological polar surface area (TPSA) is 64.4 Å². The van der Waals surface area contributed by atoms with Crippen LogP contribution in [0.25, 0.3) is 0 Å². The Morgan fingerprint density at radius 2 is 2.00 bits per heavy atom. The monoisotopic (exact) mass is 316 g/mol. The molecule has 2 rings (SSSR count). The number of hydrogen-bond acceptors (Lipinski definition) is 4. The van der Waals surface area contributed by atoms with Crippen LogP contribution in [0.3, 0.4) is 0 Å². The first kappa shape index (κ1) is 17.1. The third-order valence-electron chi connectivity index (χ3n) is 3.87. The van der Waals surface area contributed by atoms with Crippen LogP contribution in [0.2, 0.25) is 0 Å². The molecule has 0 aliphatic heterocycles. The fourth-order valence-corrected chi connectivity index (χ4v) is 2.18. The van der Waals surface area contributed by atoms with Gasteiger partial charge in [0.25, 0.3) is 0 Å². The van der Waals surface area contributed by atoms with Crippen LogP contribution in [0.5, 0.6) is 5.75 Å². The predicted octanol–water partition coefficient (Wildman–Crippen LogP) is 3.33. The van der Waals surface area contributed by atoms with E-state index in [4.69, 9.17) is 9.26 Å². The molecule has 1 amide bonds. The number of ether oxygens (including phenoxy) is 1. The summed E-state index contributed by atoms with van der Waals surface area (Å²) >= 11 is 0. The summed E-state index contributed by atoms with van der Waals surface area (Å²) in [5, 5.41) is 6.87. The van der Waals surface area contributed by atoms with Gasteiger partial charge in [0, 0.05) is 6.04 Å². The minimum atomic E-state index is 0.0451. The standard InChI is InChI=1S/C18H24N2O3/c1-5-12(2)19-18(21)10-15-6-8-16(9-7-15)22-11-17-13(3)20-23-14(17)4/h6-9,12H,5,10-11H2,1-4H3,(H,19,21). The van der Waals surface area contributed by atoms with Gasteiger partial charge in [0.05, 0.1) is 17.7 Å². The number of nitrogens with one attached hydrogen (secondary N) is 1. The van der Waals surface area contributed by atoms with Crippen molar-refractivity contribution in [2.75, 3.05) is 0 Å². The Hall–Kier alpha value is -2.30. The number of carbonyl (C=O) groups excluding carboxylic acids is 1. The van der Waals surface area contributed by atoms with Crippen molar-refractivity contribution in [1.29, 1.82) is 0 Å². The van der Waals surface area contributed by atoms with Crippen LogP contribution in [0, 0.1) is 13.8 Å². The van der Waals surface area contributed by atoms with Crippen LogP contribution >= 0.6 is 0 Å². The number of aryl methyl sites for hydroxylation is 2. The van der Waals surface area contributed by atoms with Gasteiger partial charge >= 0.3 is 0 Å². The Morgan fingerprint density at radius 3 is 2.57 bits per heavy atom. The molecule has 2 aromatic rings. The first-order valence-electron chi connectivity index (χ1n) is 7.92. The molecule has 1 aromatic carbocycles. The first-order chi connectivity index (χ1) is 11.0. The summed E-state index contributed by atoms with van der Waals surface area (Å²) in [5.74, 6) is 1.58. The van der Waals surface area contributed by atoms with E-state index in [0.717, 1.165) is 34.8 Å². The second kappa shape index (κ2) is 7.81. The van der Waals surface area contributed by atoms with Gasteiger partial charge in [-0.25, -0.2) is 0 Å². The fraction of sp³-hybridized carbons (Fsp3) is 0.444. The van der Waals surface area contributed by atoms with Crippen molar-refractivity contribution in [3.8, 4) is 5.75 Å². The first-order valence-corrected chi connectivity index (χ1v) is 7.92. The molecule has 1 atom stereocenters. The molecule has 0 aliphatic carbocycles. The molecular weight excluding hydrogens is 292 g/mol. The van der Waals surface area contributed by atoms with Crippen molar-refractivity contribution in [2.24, 2.45) is 0 Å². The van der Waals surface area contributed by atoms with Crippen molar-refractivity contribution in [3.63, 3.8) is 0 Å². The Labute approximate surface area is 137 Å². The van der Waals surface area contributed by atoms with Gasteiger partial charge in [0.2, 0.25) is 5.91 Å². The summed E-state index contributed by atoms with van der Waals surface area (Å²) in [6.45, 7) is 8.25. The van der Waals surface area contributed by atoms with E-state index in [0.29, 0.717) is 13.0 Å². The molecule has 23 heavy (non-hydrogen) atoms. The van der Waals surface area contributed by atoms with Gasteiger partial charge in [0.1, 0.15) is 18.1 Å². The molecule has 0 saturated heterocycles. The van der Waals surface area contributed by atoms with Crippen molar-refractivity contribution < 1.29 is 14.1 Å². The van der Waals surface area contributed by atoms with E-state index in [9.17, 15) is 4.79 Å². The molecule has 5 nitrogen and oxygen atoms in total. The highest BCUT2D eigenvalue weighted by Gasteiger charge is 2.10. The number of amides is 1. The molecule has 0 fully saturated rings. The minimum Gasteiger partial charge on any atom is -0.489 e. The maximum atomic E-state index is 11.9. The van der Waals surface area contributed by atoms with Gasteiger partial charge in [-0.3, -0.25) is 4.79 Å². The van der Waals surface area contributed by atoms with Gasteiger partial charge in [-0.05, 0) is 44.9 Å². The Balaban J connectivity index is 1.88. The molecule has 0 aliphatic rings. The predicted molar refractivity (Wildman–Crippen MR) is 88.4 cm³/mol. The largest absolute Gasteiger partial charge is 0.489 e. The lowest BCUT2D eigenvalue weighted by Crippen LogP contribution is -2.33. The molecule has 1 N–H and O–H groups in total. The van der Waals surface area contributed by atoms with Crippen molar-refractivity contribution in [3.05, 3.63) is 46.8 Å². The number of carbonyl (C=O) groups is 1. The smallest absolute Gasteiger partial charge is 0.224 e. The lowest BCUT2D eigenvalue weighted by atomic mass is 10.1. The zero-order chi connectivity index (χ0) is 16.8. The molecule has 1 unspecified atom stereocenters. The number of benzene rings is 1. The van der Waals surface area contributed by atoms with E-state index in [1.165, 1.54) is 0 Å². The van der Waals surface area contributed by atoms with Crippen LogP contribution in [0.1, 0.15) is 42.8 Å². The second-order valence-electron chi connectivity index (χ2n) is 5.79. The molecular formula is C18H24N2O3. The summed E-state index contributed by atoms with van der Waals surface area (Å²) in [5.41, 5.74) is 2.79. The highest BCUT2D eigenvalue weighted by Crippen LogP contribution is 2.18. The molecule has 0 radical (unpaired) electrons. The van der Waals surface area contributed by atoms with Crippen molar-refractivity contribution in [1.82, 2.24) is 10.5 Å². The van der Waals surface area contributed by atoms with Crippen LogP contribution in [0.4, 0.5) is 0 Å². The number of rotatable bonds is 7. The maximum Gasteiger partial charge on any atom is 0.224 e. The number of nitrogens with zero attached hydrogens (tertiary/aromatic N) is 1. The third kappa shape index (κ3) is 4.84. The molecule has 1 heterocycles. The quantitative estimate of drug-likeness (QED) is 0.851. The summed E-state index contributed by atoms with van der Waals surface area (Å²) in [4.78, 5) is 11.9. The van der Waals surface area contributed by atoms with E-state index in [2.05, 4.69) is 17.4 Å². The van der Waals surface area contributed by atoms with Gasteiger partial charge in [-0.15, -0.1) is 0 Å². The van der Waals surface area contributed by atoms with Crippen LogP contribution in [-0.2, 0) is 17.8 Å². The second-order valence-corrected chi connectivity index (χ2v) is 5.79. The van der Waals surface area contributed by atoms with E-state index < -0.39 is 0 Å². The Bertz CT molecular complexity index is 627. The van der Waals surface area contributed by atoms with Crippen LogP contribution in [-0.4, -0.2) is 17.1 Å². The normalized spacial score (nSPS) is 12.0. The van der Waals surface area contributed by atoms with E-state index >= 15 is 0 Å². The SMILES string of the molecule is CCC(C)NC(=O)Cc1ccc(OCc2c(C)noc2C)cc1. The summed E-state index contributed by atoms with van der Waals surface area (Å²) in [6.07, 6.45) is 1.31. The highest BCUT2D eigenvalue weighted by molar-refractivity contribution is 5.78. The fourth-order valence-electron chi connectivity index (χ4n) is 2.18. The Morgan fingerprint density at radius 1 is 1.30 bits per heavy atom. The van der Waals surface area contributed by atoms with Gasteiger partial charge in [0.15, 0.2) is 0 Å². The van der Waals surface area contributed by atoms with Crippen molar-refractivity contribution in [2.45, 2.75) is 53.2 Å². The summed E-state index contributed by atoms with van der Waals surface area (Å²) in [7, 11) is 0. The molecule has 124 valence electrons. The lowest BCUT2D eigenvalue weighted by Gasteiger charge is -2.11. The van der Waals surface area contributed by atoms with Gasteiger partial charge in [-0.2, -0.15) is 0 Å². The lowest BCUT2D eigenvalue weighted by molar-refractivity contribution is -0.121. The highest BCUT2D eigenvalue weighted by atomic mass is 16.5. The average molecular weight is 316 g/mol. The van der Waals surface area contributed by atoms with Crippen molar-refractivity contribution >= 4 is 5.91 Å². The molecule has 0 bridgehead atoms. The summed E-state index contributed by atoms with van der Waals surface area (Å²) in [6, 6.07) is 7.80.